The van der Waals surface area contributed by atoms with Gasteiger partial charge in [0.05, 0.1) is 0 Å². The predicted octanol–water partition coefficient (Wildman–Crippen LogP) is 4.83. The van der Waals surface area contributed by atoms with E-state index in [0.29, 0.717) is 6.04 Å². The molecule has 2 fully saturated rings. The first-order chi connectivity index (χ1) is 14.7. The van der Waals surface area contributed by atoms with E-state index in [1.165, 1.54) is 22.2 Å². The second-order valence-electron chi connectivity index (χ2n) is 8.74. The van der Waals surface area contributed by atoms with Gasteiger partial charge in [-0.25, -0.2) is 0 Å². The Morgan fingerprint density at radius 2 is 1.77 bits per heavy atom. The van der Waals surface area contributed by atoms with Crippen molar-refractivity contribution in [2.45, 2.75) is 44.8 Å². The number of fused-ring (bicyclic) bond motifs is 1. The minimum atomic E-state index is 0.180. The van der Waals surface area contributed by atoms with Crippen molar-refractivity contribution in [2.24, 2.45) is 5.92 Å². The summed E-state index contributed by atoms with van der Waals surface area (Å²) in [7, 11) is 0. The van der Waals surface area contributed by atoms with E-state index in [2.05, 4.69) is 51.2 Å². The largest absolute Gasteiger partial charge is 0.353 e. The topological polar surface area (TPSA) is 37.3 Å². The molecule has 0 spiro atoms. The maximum atomic E-state index is 12.4. The first kappa shape index (κ1) is 19.7. The van der Waals surface area contributed by atoms with Gasteiger partial charge in [-0.15, -0.1) is 0 Å². The van der Waals surface area contributed by atoms with Gasteiger partial charge in [0.1, 0.15) is 0 Å². The number of para-hydroxylation sites is 1. The van der Waals surface area contributed by atoms with E-state index in [9.17, 15) is 4.79 Å². The Hall–Kier alpha value is -2.30. The van der Waals surface area contributed by atoms with Crippen molar-refractivity contribution in [1.82, 2.24) is 14.8 Å². The minimum Gasteiger partial charge on any atom is -0.353 e. The van der Waals surface area contributed by atoms with Crippen molar-refractivity contribution in [2.75, 3.05) is 13.1 Å². The predicted molar refractivity (Wildman–Crippen MR) is 122 cm³/mol. The van der Waals surface area contributed by atoms with Crippen LogP contribution in [-0.2, 0) is 17.9 Å². The van der Waals surface area contributed by atoms with Gasteiger partial charge in [0.15, 0.2) is 0 Å². The van der Waals surface area contributed by atoms with Crippen LogP contribution < -0.4 is 5.32 Å². The first-order valence-electron chi connectivity index (χ1n) is 11.0. The van der Waals surface area contributed by atoms with Crippen LogP contribution in [-0.4, -0.2) is 34.5 Å². The Morgan fingerprint density at radius 3 is 2.53 bits per heavy atom. The zero-order valence-corrected chi connectivity index (χ0v) is 17.9. The summed E-state index contributed by atoms with van der Waals surface area (Å²) in [6.45, 7) is 3.67. The molecule has 0 radical (unpaired) electrons. The summed E-state index contributed by atoms with van der Waals surface area (Å²) in [6, 6.07) is 19.5. The van der Waals surface area contributed by atoms with Crippen molar-refractivity contribution < 1.29 is 4.79 Å². The minimum absolute atomic E-state index is 0.180. The lowest BCUT2D eigenvalue weighted by atomic mass is 9.96. The van der Waals surface area contributed by atoms with Crippen molar-refractivity contribution in [3.05, 3.63) is 70.9 Å². The Morgan fingerprint density at radius 1 is 0.967 bits per heavy atom. The Bertz CT molecular complexity index is 1050. The van der Waals surface area contributed by atoms with Crippen molar-refractivity contribution >= 4 is 28.4 Å². The van der Waals surface area contributed by atoms with Gasteiger partial charge in [-0.05, 0) is 74.0 Å². The molecule has 5 rings (SSSR count). The molecule has 30 heavy (non-hydrogen) atoms. The highest BCUT2D eigenvalue weighted by Crippen LogP contribution is 2.26. The zero-order valence-electron chi connectivity index (χ0n) is 17.2. The Balaban J connectivity index is 1.31. The standard InChI is InChI=1S/C25H28ClN3O/c26-21-6-3-4-18(14-21)16-29-23(15-20-5-1-2-7-24(20)29)17-28-12-10-19(11-13-28)25(30)27-22-8-9-22/h1-7,14-15,19,22H,8-13,16-17H2,(H,27,30). The number of likely N-dealkylation sites (tertiary alicyclic amines) is 1. The van der Waals surface area contributed by atoms with Gasteiger partial charge in [0.25, 0.3) is 0 Å². The molecule has 1 amide bonds. The van der Waals surface area contributed by atoms with E-state index in [1.807, 2.05) is 18.2 Å². The molecule has 1 saturated carbocycles. The van der Waals surface area contributed by atoms with Gasteiger partial charge in [0.2, 0.25) is 5.91 Å². The molecule has 1 saturated heterocycles. The summed E-state index contributed by atoms with van der Waals surface area (Å²) in [6.07, 6.45) is 4.21. The molecule has 5 heteroatoms. The number of nitrogens with one attached hydrogen (secondary N) is 1. The molecule has 1 aliphatic heterocycles. The molecule has 2 aromatic carbocycles. The third-order valence-corrected chi connectivity index (χ3v) is 6.63. The maximum Gasteiger partial charge on any atom is 0.223 e. The fourth-order valence-electron chi connectivity index (χ4n) is 4.53. The van der Waals surface area contributed by atoms with Crippen LogP contribution in [0.2, 0.25) is 5.02 Å². The first-order valence-corrected chi connectivity index (χ1v) is 11.4. The number of benzene rings is 2. The number of hydrogen-bond acceptors (Lipinski definition) is 2. The number of carbonyl (C=O) groups excluding carboxylic acids is 1. The lowest BCUT2D eigenvalue weighted by Gasteiger charge is -2.31. The molecule has 3 aromatic rings. The third-order valence-electron chi connectivity index (χ3n) is 6.39. The number of rotatable bonds is 6. The molecule has 0 unspecified atom stereocenters. The molecule has 1 aromatic heterocycles. The second kappa shape index (κ2) is 8.44. The molecule has 0 bridgehead atoms. The highest BCUT2D eigenvalue weighted by Gasteiger charge is 2.30. The highest BCUT2D eigenvalue weighted by atomic mass is 35.5. The van der Waals surface area contributed by atoms with E-state index in [1.54, 1.807) is 0 Å². The highest BCUT2D eigenvalue weighted by molar-refractivity contribution is 6.30. The number of halogens is 1. The van der Waals surface area contributed by atoms with Crippen LogP contribution in [0.15, 0.2) is 54.6 Å². The van der Waals surface area contributed by atoms with Crippen molar-refractivity contribution in [3.8, 4) is 0 Å². The van der Waals surface area contributed by atoms with Crippen LogP contribution in [0.5, 0.6) is 0 Å². The quantitative estimate of drug-likeness (QED) is 0.618. The van der Waals surface area contributed by atoms with Gasteiger partial charge < -0.3 is 9.88 Å². The van der Waals surface area contributed by atoms with Crippen LogP contribution in [0.25, 0.3) is 10.9 Å². The molecule has 1 aliphatic carbocycles. The molecule has 156 valence electrons. The third kappa shape index (κ3) is 4.40. The number of amides is 1. The van der Waals surface area contributed by atoms with Crippen LogP contribution in [0.3, 0.4) is 0 Å². The number of aromatic nitrogens is 1. The lowest BCUT2D eigenvalue weighted by Crippen LogP contribution is -2.41. The van der Waals surface area contributed by atoms with Gasteiger partial charge in [0, 0.05) is 41.3 Å². The summed E-state index contributed by atoms with van der Waals surface area (Å²) in [5.41, 5.74) is 3.78. The van der Waals surface area contributed by atoms with Crippen LogP contribution in [0.1, 0.15) is 36.9 Å². The van der Waals surface area contributed by atoms with E-state index in [4.69, 9.17) is 11.6 Å². The summed E-state index contributed by atoms with van der Waals surface area (Å²) in [4.78, 5) is 14.9. The van der Waals surface area contributed by atoms with Gasteiger partial charge in [-0.2, -0.15) is 0 Å². The van der Waals surface area contributed by atoms with Gasteiger partial charge >= 0.3 is 0 Å². The molecular formula is C25H28ClN3O. The van der Waals surface area contributed by atoms with Crippen LogP contribution in [0.4, 0.5) is 0 Å². The molecule has 4 nitrogen and oxygen atoms in total. The normalized spacial score (nSPS) is 18.0. The molecule has 2 heterocycles. The molecular weight excluding hydrogens is 394 g/mol. The summed E-state index contributed by atoms with van der Waals surface area (Å²) in [5, 5.41) is 5.22. The summed E-state index contributed by atoms with van der Waals surface area (Å²) in [5.74, 6) is 0.450. The number of nitrogens with zero attached hydrogens (tertiary/aromatic N) is 2. The van der Waals surface area contributed by atoms with E-state index >= 15 is 0 Å². The fraction of sp³-hybridized carbons (Fsp3) is 0.400. The lowest BCUT2D eigenvalue weighted by molar-refractivity contribution is -0.126. The van der Waals surface area contributed by atoms with Crippen LogP contribution in [0, 0.1) is 5.92 Å². The van der Waals surface area contributed by atoms with E-state index in [-0.39, 0.29) is 11.8 Å². The second-order valence-corrected chi connectivity index (χ2v) is 9.18. The SMILES string of the molecule is O=C(NC1CC1)C1CCN(Cc2cc3ccccc3n2Cc2cccc(Cl)c2)CC1. The zero-order chi connectivity index (χ0) is 20.5. The van der Waals surface area contributed by atoms with Crippen molar-refractivity contribution in [3.63, 3.8) is 0 Å². The van der Waals surface area contributed by atoms with Crippen molar-refractivity contribution in [1.29, 1.82) is 0 Å². The van der Waals surface area contributed by atoms with Gasteiger partial charge in [-0.1, -0.05) is 41.9 Å². The fourth-order valence-corrected chi connectivity index (χ4v) is 4.75. The smallest absolute Gasteiger partial charge is 0.223 e. The molecule has 1 N–H and O–H groups in total. The average Bonchev–Trinajstić information content (AvgIpc) is 3.50. The number of hydrogen-bond donors (Lipinski definition) is 1. The molecule has 0 atom stereocenters. The summed E-state index contributed by atoms with van der Waals surface area (Å²) >= 11 is 6.22. The summed E-state index contributed by atoms with van der Waals surface area (Å²) < 4.78 is 2.41. The Kier molecular flexibility index (Phi) is 5.53. The van der Waals surface area contributed by atoms with E-state index < -0.39 is 0 Å². The van der Waals surface area contributed by atoms with Crippen LogP contribution >= 0.6 is 11.6 Å². The molecule has 2 aliphatic rings. The number of piperidine rings is 1. The monoisotopic (exact) mass is 421 g/mol. The number of carbonyl (C=O) groups is 1. The maximum absolute atomic E-state index is 12.4. The average molecular weight is 422 g/mol. The Labute approximate surface area is 182 Å². The van der Waals surface area contributed by atoms with E-state index in [0.717, 1.165) is 56.9 Å². The van der Waals surface area contributed by atoms with Gasteiger partial charge in [-0.3, -0.25) is 9.69 Å².